The Morgan fingerprint density at radius 2 is 2.27 bits per heavy atom. The van der Waals surface area contributed by atoms with E-state index < -0.39 is 23.5 Å². The molecule has 5 N–H and O–H groups in total. The van der Waals surface area contributed by atoms with E-state index in [9.17, 15) is 9.18 Å². The van der Waals surface area contributed by atoms with Gasteiger partial charge in [0.2, 0.25) is 0 Å². The molecule has 1 aliphatic carbocycles. The van der Waals surface area contributed by atoms with Gasteiger partial charge < -0.3 is 16.8 Å². The van der Waals surface area contributed by atoms with E-state index in [1.807, 2.05) is 6.92 Å². The van der Waals surface area contributed by atoms with E-state index in [4.69, 9.17) is 23.1 Å². The van der Waals surface area contributed by atoms with Crippen molar-refractivity contribution in [3.63, 3.8) is 0 Å². The van der Waals surface area contributed by atoms with Crippen molar-refractivity contribution in [2.24, 2.45) is 16.6 Å². The molecule has 0 saturated heterocycles. The summed E-state index contributed by atoms with van der Waals surface area (Å²) in [6.07, 6.45) is 5.45. The first-order valence-corrected chi connectivity index (χ1v) is 9.39. The van der Waals surface area contributed by atoms with Crippen molar-refractivity contribution in [1.82, 2.24) is 10.3 Å². The average molecular weight is 396 g/mol. The number of amidine groups is 1. The third-order valence-corrected chi connectivity index (χ3v) is 5.46. The molecule has 2 unspecified atom stereocenters. The molecule has 2 heterocycles. The summed E-state index contributed by atoms with van der Waals surface area (Å²) in [7, 11) is 0. The summed E-state index contributed by atoms with van der Waals surface area (Å²) in [5.74, 6) is -0.240. The molecular formula is C17H19ClFN5OS. The number of carbonyl (C=O) groups is 1. The highest BCUT2D eigenvalue weighted by Crippen LogP contribution is 2.38. The number of nitrogens with two attached hydrogens (primary N) is 2. The number of thioether (sulfide) groups is 1. The lowest BCUT2D eigenvalue weighted by Gasteiger charge is -2.37. The molecule has 0 aromatic carbocycles. The van der Waals surface area contributed by atoms with Gasteiger partial charge >= 0.3 is 0 Å². The van der Waals surface area contributed by atoms with Gasteiger partial charge in [0, 0.05) is 23.6 Å². The van der Waals surface area contributed by atoms with Crippen molar-refractivity contribution >= 4 is 40.1 Å². The quantitative estimate of drug-likeness (QED) is 0.729. The van der Waals surface area contributed by atoms with Gasteiger partial charge in [-0.2, -0.15) is 0 Å². The molecule has 3 atom stereocenters. The van der Waals surface area contributed by atoms with Crippen LogP contribution in [-0.4, -0.2) is 33.5 Å². The fourth-order valence-electron chi connectivity index (χ4n) is 3.04. The van der Waals surface area contributed by atoms with E-state index in [0.29, 0.717) is 22.3 Å². The fraction of sp³-hybridized carbons (Fsp3) is 0.353. The van der Waals surface area contributed by atoms with Crippen molar-refractivity contribution in [1.29, 1.82) is 0 Å². The number of nitrogens with one attached hydrogen (secondary N) is 1. The molecule has 1 aromatic heterocycles. The van der Waals surface area contributed by atoms with Gasteiger partial charge in [0.1, 0.15) is 6.17 Å². The van der Waals surface area contributed by atoms with Crippen LogP contribution in [0.4, 0.5) is 10.1 Å². The number of carbonyl (C=O) groups excluding carboxylic acids is 1. The first-order chi connectivity index (χ1) is 12.3. The molecule has 138 valence electrons. The molecule has 1 aromatic rings. The summed E-state index contributed by atoms with van der Waals surface area (Å²) >= 11 is 7.26. The molecule has 9 heteroatoms. The lowest BCUT2D eigenvalue weighted by molar-refractivity contribution is 0.0961. The van der Waals surface area contributed by atoms with Crippen LogP contribution in [0.1, 0.15) is 23.8 Å². The average Bonchev–Trinajstić information content (AvgIpc) is 2.56. The zero-order valence-corrected chi connectivity index (χ0v) is 15.6. The van der Waals surface area contributed by atoms with Crippen LogP contribution in [0.3, 0.4) is 0 Å². The lowest BCUT2D eigenvalue weighted by Crippen LogP contribution is -2.43. The Morgan fingerprint density at radius 3 is 2.96 bits per heavy atom. The Bertz CT molecular complexity index is 827. The number of pyridine rings is 1. The largest absolute Gasteiger partial charge is 0.397 e. The summed E-state index contributed by atoms with van der Waals surface area (Å²) < 4.78 is 14.5. The third kappa shape index (κ3) is 3.86. The molecule has 0 spiro atoms. The Kier molecular flexibility index (Phi) is 5.24. The third-order valence-electron chi connectivity index (χ3n) is 4.46. The van der Waals surface area contributed by atoms with E-state index in [1.54, 1.807) is 6.08 Å². The van der Waals surface area contributed by atoms with Gasteiger partial charge in [-0.3, -0.25) is 9.79 Å². The number of rotatable bonds is 3. The minimum Gasteiger partial charge on any atom is -0.397 e. The number of anilines is 1. The summed E-state index contributed by atoms with van der Waals surface area (Å²) in [5.41, 5.74) is 11.7. The van der Waals surface area contributed by atoms with E-state index in [1.165, 1.54) is 36.2 Å². The van der Waals surface area contributed by atoms with Gasteiger partial charge in [-0.25, -0.2) is 9.37 Å². The first kappa shape index (κ1) is 18.7. The Balaban J connectivity index is 1.83. The highest BCUT2D eigenvalue weighted by atomic mass is 35.5. The number of nitrogens with zero attached hydrogens (tertiary/aromatic N) is 2. The molecule has 2 aliphatic rings. The number of alkyl halides is 1. The van der Waals surface area contributed by atoms with Crippen molar-refractivity contribution < 1.29 is 9.18 Å². The van der Waals surface area contributed by atoms with Gasteiger partial charge in [0.15, 0.2) is 10.9 Å². The SMILES string of the molecule is C[C@@]1(C2C=C(NC(=O)c3ncc(Cl)cc3N)C=CC2F)CCSC(N)=N1. The van der Waals surface area contributed by atoms with Crippen molar-refractivity contribution in [3.05, 3.63) is 46.9 Å². The maximum atomic E-state index is 14.5. The second-order valence-electron chi connectivity index (χ2n) is 6.40. The van der Waals surface area contributed by atoms with Crippen LogP contribution < -0.4 is 16.8 Å². The number of hydrogen-bond acceptors (Lipinski definition) is 6. The van der Waals surface area contributed by atoms with Gasteiger partial charge in [-0.05, 0) is 31.6 Å². The molecule has 1 amide bonds. The number of allylic oxidation sites excluding steroid dienone is 2. The molecule has 1 aliphatic heterocycles. The second-order valence-corrected chi connectivity index (χ2v) is 7.95. The number of aromatic nitrogens is 1. The van der Waals surface area contributed by atoms with E-state index in [-0.39, 0.29) is 11.4 Å². The maximum absolute atomic E-state index is 14.5. The Morgan fingerprint density at radius 1 is 1.50 bits per heavy atom. The minimum atomic E-state index is -1.21. The summed E-state index contributed by atoms with van der Waals surface area (Å²) in [6.45, 7) is 1.88. The topological polar surface area (TPSA) is 106 Å². The number of aliphatic imine (C=N–C) groups is 1. The zero-order chi connectivity index (χ0) is 18.9. The molecule has 26 heavy (non-hydrogen) atoms. The normalized spacial score (nSPS) is 28.3. The van der Waals surface area contributed by atoms with Crippen LogP contribution >= 0.6 is 23.4 Å². The molecule has 3 rings (SSSR count). The maximum Gasteiger partial charge on any atom is 0.276 e. The highest BCUT2D eigenvalue weighted by Gasteiger charge is 2.40. The van der Waals surface area contributed by atoms with Crippen LogP contribution in [0.25, 0.3) is 0 Å². The minimum absolute atomic E-state index is 0.0603. The number of nitrogen functional groups attached to an aromatic ring is 1. The molecule has 0 radical (unpaired) electrons. The smallest absolute Gasteiger partial charge is 0.276 e. The Labute approximate surface area is 160 Å². The molecule has 0 saturated carbocycles. The number of hydrogen-bond donors (Lipinski definition) is 3. The predicted molar refractivity (Wildman–Crippen MR) is 104 cm³/mol. The molecular weight excluding hydrogens is 377 g/mol. The van der Waals surface area contributed by atoms with Crippen LogP contribution in [0, 0.1) is 5.92 Å². The summed E-state index contributed by atoms with van der Waals surface area (Å²) in [4.78, 5) is 20.8. The standard InChI is InChI=1S/C17H19ClFN5OS/c1-17(4-5-26-16(21)24-17)11-7-10(2-3-12(11)19)23-15(25)14-13(20)6-9(18)8-22-14/h2-3,6-8,11-12H,4-5,20H2,1H3,(H2,21,24)(H,23,25)/t11?,12?,17-/m0/s1. The van der Waals surface area contributed by atoms with Crippen LogP contribution in [0.15, 0.2) is 41.2 Å². The van der Waals surface area contributed by atoms with Crippen LogP contribution in [0.5, 0.6) is 0 Å². The van der Waals surface area contributed by atoms with E-state index >= 15 is 0 Å². The number of amides is 1. The van der Waals surface area contributed by atoms with Gasteiger partial charge in [0.25, 0.3) is 5.91 Å². The summed E-state index contributed by atoms with van der Waals surface area (Å²) in [5, 5.41) is 3.51. The molecule has 6 nitrogen and oxygen atoms in total. The van der Waals surface area contributed by atoms with Gasteiger partial charge in [-0.15, -0.1) is 0 Å². The van der Waals surface area contributed by atoms with Gasteiger partial charge in [0.05, 0.1) is 16.2 Å². The van der Waals surface area contributed by atoms with E-state index in [0.717, 1.165) is 5.75 Å². The highest BCUT2D eigenvalue weighted by molar-refractivity contribution is 8.13. The van der Waals surface area contributed by atoms with Gasteiger partial charge in [-0.1, -0.05) is 29.4 Å². The predicted octanol–water partition coefficient (Wildman–Crippen LogP) is 2.67. The van der Waals surface area contributed by atoms with Crippen molar-refractivity contribution in [2.45, 2.75) is 25.1 Å². The zero-order valence-electron chi connectivity index (χ0n) is 14.1. The number of halogens is 2. The van der Waals surface area contributed by atoms with Crippen LogP contribution in [0.2, 0.25) is 5.02 Å². The van der Waals surface area contributed by atoms with Crippen LogP contribution in [-0.2, 0) is 0 Å². The lowest BCUT2D eigenvalue weighted by atomic mass is 9.78. The first-order valence-electron chi connectivity index (χ1n) is 8.03. The monoisotopic (exact) mass is 395 g/mol. The summed E-state index contributed by atoms with van der Waals surface area (Å²) in [6, 6.07) is 1.45. The second kappa shape index (κ2) is 7.28. The Hall–Kier alpha value is -2.06. The molecule has 0 bridgehead atoms. The molecule has 0 fully saturated rings. The van der Waals surface area contributed by atoms with Crippen molar-refractivity contribution in [2.75, 3.05) is 11.5 Å². The van der Waals surface area contributed by atoms with E-state index in [2.05, 4.69) is 15.3 Å². The fourth-order valence-corrected chi connectivity index (χ4v) is 4.20. The van der Waals surface area contributed by atoms with Crippen molar-refractivity contribution in [3.8, 4) is 0 Å².